The molecule has 3 aromatic rings. The molecule has 0 aliphatic rings. The van der Waals surface area contributed by atoms with Gasteiger partial charge in [-0.15, -0.1) is 0 Å². The van der Waals surface area contributed by atoms with Crippen molar-refractivity contribution < 1.29 is 14.3 Å². The number of aromatic nitrogens is 2. The molecule has 0 unspecified atom stereocenters. The van der Waals surface area contributed by atoms with E-state index in [1.165, 1.54) is 0 Å². The lowest BCUT2D eigenvalue weighted by atomic mass is 10.1. The van der Waals surface area contributed by atoms with Crippen LogP contribution < -0.4 is 5.32 Å². The van der Waals surface area contributed by atoms with Crippen LogP contribution in [-0.4, -0.2) is 28.2 Å². The Bertz CT molecular complexity index is 926. The molecule has 128 valence electrons. The van der Waals surface area contributed by atoms with E-state index in [9.17, 15) is 9.59 Å². The van der Waals surface area contributed by atoms with Crippen LogP contribution in [0.15, 0.2) is 42.6 Å². The topological polar surface area (TPSA) is 84.1 Å². The summed E-state index contributed by atoms with van der Waals surface area (Å²) >= 11 is 0. The Morgan fingerprint density at radius 2 is 1.88 bits per heavy atom. The maximum atomic E-state index is 12.4. The van der Waals surface area contributed by atoms with Crippen LogP contribution in [0.4, 0.5) is 5.69 Å². The number of nitrogens with zero attached hydrogens (tertiary/aromatic N) is 1. The van der Waals surface area contributed by atoms with Crippen molar-refractivity contribution in [2.45, 2.75) is 26.9 Å². The molecule has 0 saturated carbocycles. The Morgan fingerprint density at radius 3 is 2.60 bits per heavy atom. The lowest BCUT2D eigenvalue weighted by Crippen LogP contribution is -2.30. The van der Waals surface area contributed by atoms with Crippen LogP contribution in [0.5, 0.6) is 0 Å². The van der Waals surface area contributed by atoms with Gasteiger partial charge in [0.1, 0.15) is 0 Å². The van der Waals surface area contributed by atoms with Gasteiger partial charge in [-0.1, -0.05) is 24.3 Å². The van der Waals surface area contributed by atoms with E-state index in [0.29, 0.717) is 5.56 Å². The van der Waals surface area contributed by atoms with Gasteiger partial charge in [0.05, 0.1) is 17.3 Å². The summed E-state index contributed by atoms with van der Waals surface area (Å²) in [6, 6.07) is 10.8. The van der Waals surface area contributed by atoms with E-state index < -0.39 is 12.1 Å². The van der Waals surface area contributed by atoms with Gasteiger partial charge in [-0.2, -0.15) is 5.10 Å². The normalized spacial score (nSPS) is 12.0. The number of nitrogens with one attached hydrogen (secondary N) is 2. The highest BCUT2D eigenvalue weighted by Gasteiger charge is 2.20. The highest BCUT2D eigenvalue weighted by molar-refractivity contribution is 5.99. The minimum Gasteiger partial charge on any atom is -0.449 e. The number of hydrogen-bond acceptors (Lipinski definition) is 4. The second-order valence-corrected chi connectivity index (χ2v) is 5.98. The van der Waals surface area contributed by atoms with E-state index in [1.54, 1.807) is 31.3 Å². The van der Waals surface area contributed by atoms with Crippen molar-refractivity contribution in [2.75, 3.05) is 5.32 Å². The number of esters is 1. The summed E-state index contributed by atoms with van der Waals surface area (Å²) in [7, 11) is 0. The molecule has 0 spiro atoms. The van der Waals surface area contributed by atoms with E-state index in [4.69, 9.17) is 4.74 Å². The van der Waals surface area contributed by atoms with Crippen molar-refractivity contribution in [2.24, 2.45) is 0 Å². The van der Waals surface area contributed by atoms with Gasteiger partial charge in [-0.05, 0) is 44.0 Å². The summed E-state index contributed by atoms with van der Waals surface area (Å²) in [5.74, 6) is -0.922. The number of anilines is 1. The molecular weight excluding hydrogens is 318 g/mol. The Kier molecular flexibility index (Phi) is 4.52. The van der Waals surface area contributed by atoms with Crippen LogP contribution in [0.2, 0.25) is 0 Å². The number of aryl methyl sites for hydroxylation is 2. The molecule has 25 heavy (non-hydrogen) atoms. The number of amides is 1. The van der Waals surface area contributed by atoms with Gasteiger partial charge < -0.3 is 10.1 Å². The molecule has 0 radical (unpaired) electrons. The summed E-state index contributed by atoms with van der Waals surface area (Å²) in [5, 5.41) is 10.4. The van der Waals surface area contributed by atoms with Crippen LogP contribution in [0, 0.1) is 13.8 Å². The molecule has 1 amide bonds. The van der Waals surface area contributed by atoms with Crippen molar-refractivity contribution >= 4 is 28.5 Å². The first kappa shape index (κ1) is 16.7. The molecule has 0 aliphatic heterocycles. The summed E-state index contributed by atoms with van der Waals surface area (Å²) in [5.41, 5.74) is 3.76. The molecule has 6 heteroatoms. The molecule has 0 aliphatic carbocycles. The molecule has 1 atom stereocenters. The van der Waals surface area contributed by atoms with Gasteiger partial charge in [0.2, 0.25) is 0 Å². The third-order valence-corrected chi connectivity index (χ3v) is 4.06. The van der Waals surface area contributed by atoms with E-state index in [-0.39, 0.29) is 5.91 Å². The number of H-pyrrole nitrogens is 1. The predicted octanol–water partition coefficient (Wildman–Crippen LogP) is 3.36. The summed E-state index contributed by atoms with van der Waals surface area (Å²) < 4.78 is 5.29. The van der Waals surface area contributed by atoms with Gasteiger partial charge in [-0.25, -0.2) is 4.79 Å². The smallest absolute Gasteiger partial charge is 0.338 e. The molecule has 0 fully saturated rings. The molecule has 1 aromatic heterocycles. The van der Waals surface area contributed by atoms with Gasteiger partial charge >= 0.3 is 5.97 Å². The third kappa shape index (κ3) is 3.52. The number of benzene rings is 2. The number of hydrogen-bond donors (Lipinski definition) is 2. The summed E-state index contributed by atoms with van der Waals surface area (Å²) in [6.07, 6.45) is 0.759. The first-order valence-corrected chi connectivity index (χ1v) is 7.97. The molecular formula is C19H19N3O3. The lowest BCUT2D eigenvalue weighted by molar-refractivity contribution is -0.123. The molecule has 0 bridgehead atoms. The SMILES string of the molecule is Cc1cccc(C)c1NC(=O)[C@H](C)OC(=O)c1ccc2cn[nH]c2c1. The maximum absolute atomic E-state index is 12.4. The zero-order valence-electron chi connectivity index (χ0n) is 14.3. The minimum absolute atomic E-state index is 0.364. The van der Waals surface area contributed by atoms with Crippen molar-refractivity contribution in [1.29, 1.82) is 0 Å². The average Bonchev–Trinajstić information content (AvgIpc) is 3.05. The largest absolute Gasteiger partial charge is 0.449 e. The van der Waals surface area contributed by atoms with Gasteiger partial charge in [0.15, 0.2) is 6.10 Å². The Balaban J connectivity index is 1.69. The molecule has 2 N–H and O–H groups in total. The lowest BCUT2D eigenvalue weighted by Gasteiger charge is -2.16. The summed E-state index contributed by atoms with van der Waals surface area (Å²) in [4.78, 5) is 24.6. The van der Waals surface area contributed by atoms with Crippen LogP contribution >= 0.6 is 0 Å². The molecule has 3 rings (SSSR count). The quantitative estimate of drug-likeness (QED) is 0.715. The van der Waals surface area contributed by atoms with E-state index in [0.717, 1.165) is 27.7 Å². The van der Waals surface area contributed by atoms with Crippen molar-refractivity contribution in [3.8, 4) is 0 Å². The Morgan fingerprint density at radius 1 is 1.16 bits per heavy atom. The first-order chi connectivity index (χ1) is 12.0. The van der Waals surface area contributed by atoms with E-state index in [1.807, 2.05) is 32.0 Å². The molecule has 2 aromatic carbocycles. The Hall–Kier alpha value is -3.15. The van der Waals surface area contributed by atoms with Crippen molar-refractivity contribution in [3.05, 3.63) is 59.3 Å². The average molecular weight is 337 g/mol. The first-order valence-electron chi connectivity index (χ1n) is 7.97. The second kappa shape index (κ2) is 6.76. The standard InChI is InChI=1S/C19H19N3O3/c1-11-5-4-6-12(2)17(11)21-18(23)13(3)25-19(24)14-7-8-15-10-20-22-16(15)9-14/h4-10,13H,1-3H3,(H,20,22)(H,21,23)/t13-/m0/s1. The fourth-order valence-electron chi connectivity index (χ4n) is 2.58. The molecule has 6 nitrogen and oxygen atoms in total. The Labute approximate surface area is 145 Å². The van der Waals surface area contributed by atoms with E-state index in [2.05, 4.69) is 15.5 Å². The minimum atomic E-state index is -0.913. The number of fused-ring (bicyclic) bond motifs is 1. The number of rotatable bonds is 4. The summed E-state index contributed by atoms with van der Waals surface area (Å²) in [6.45, 7) is 5.38. The van der Waals surface area contributed by atoms with Gasteiger partial charge in [-0.3, -0.25) is 9.89 Å². The number of ether oxygens (including phenoxy) is 1. The fraction of sp³-hybridized carbons (Fsp3) is 0.211. The van der Waals surface area contributed by atoms with Crippen molar-refractivity contribution in [1.82, 2.24) is 10.2 Å². The number of para-hydroxylation sites is 1. The van der Waals surface area contributed by atoms with Crippen LogP contribution in [0.25, 0.3) is 10.9 Å². The zero-order chi connectivity index (χ0) is 18.0. The highest BCUT2D eigenvalue weighted by atomic mass is 16.5. The van der Waals surface area contributed by atoms with E-state index >= 15 is 0 Å². The van der Waals surface area contributed by atoms with Gasteiger partial charge in [0, 0.05) is 11.1 Å². The second-order valence-electron chi connectivity index (χ2n) is 5.98. The number of aromatic amines is 1. The van der Waals surface area contributed by atoms with Crippen LogP contribution in [0.1, 0.15) is 28.4 Å². The van der Waals surface area contributed by atoms with Crippen LogP contribution in [-0.2, 0) is 9.53 Å². The highest BCUT2D eigenvalue weighted by Crippen LogP contribution is 2.20. The fourth-order valence-corrected chi connectivity index (χ4v) is 2.58. The monoisotopic (exact) mass is 337 g/mol. The number of carbonyl (C=O) groups excluding carboxylic acids is 2. The third-order valence-electron chi connectivity index (χ3n) is 4.06. The van der Waals surface area contributed by atoms with Crippen molar-refractivity contribution in [3.63, 3.8) is 0 Å². The van der Waals surface area contributed by atoms with Crippen LogP contribution in [0.3, 0.4) is 0 Å². The molecule has 1 heterocycles. The maximum Gasteiger partial charge on any atom is 0.338 e. The number of carbonyl (C=O) groups is 2. The van der Waals surface area contributed by atoms with Gasteiger partial charge in [0.25, 0.3) is 5.91 Å². The zero-order valence-corrected chi connectivity index (χ0v) is 14.3. The predicted molar refractivity (Wildman–Crippen MR) is 95.5 cm³/mol. The molecule has 0 saturated heterocycles.